The number of rotatable bonds is 5. The van der Waals surface area contributed by atoms with Crippen molar-refractivity contribution in [1.82, 2.24) is 10.3 Å². The molecule has 2 aromatic rings. The molecule has 0 aliphatic heterocycles. The summed E-state index contributed by atoms with van der Waals surface area (Å²) in [5, 5.41) is 5.63. The lowest BCUT2D eigenvalue weighted by Crippen LogP contribution is -2.31. The fourth-order valence-corrected chi connectivity index (χ4v) is 1.93. The molecule has 0 atom stereocenters. The van der Waals surface area contributed by atoms with Crippen molar-refractivity contribution in [3.8, 4) is 0 Å². The van der Waals surface area contributed by atoms with Gasteiger partial charge in [-0.25, -0.2) is 0 Å². The molecule has 5 nitrogen and oxygen atoms in total. The first-order valence-electron chi connectivity index (χ1n) is 6.87. The van der Waals surface area contributed by atoms with Gasteiger partial charge in [-0.3, -0.25) is 9.59 Å². The second-order valence-electron chi connectivity index (χ2n) is 5.13. The lowest BCUT2D eigenvalue weighted by Gasteiger charge is -2.09. The van der Waals surface area contributed by atoms with Crippen LogP contribution in [-0.2, 0) is 11.2 Å². The number of anilines is 1. The predicted molar refractivity (Wildman–Crippen MR) is 82.2 cm³/mol. The Labute approximate surface area is 123 Å². The van der Waals surface area contributed by atoms with E-state index < -0.39 is 0 Å². The number of carbonyl (C=O) groups excluding carboxylic acids is 2. The van der Waals surface area contributed by atoms with Gasteiger partial charge in [-0.2, -0.15) is 0 Å². The molecule has 0 spiro atoms. The highest BCUT2D eigenvalue weighted by atomic mass is 16.2. The third-order valence-corrected chi connectivity index (χ3v) is 2.87. The molecule has 0 bridgehead atoms. The molecule has 1 aromatic heterocycles. The Balaban J connectivity index is 1.93. The quantitative estimate of drug-likeness (QED) is 0.788. The highest BCUT2D eigenvalue weighted by Gasteiger charge is 2.07. The second-order valence-corrected chi connectivity index (χ2v) is 5.13. The van der Waals surface area contributed by atoms with Crippen molar-refractivity contribution in [3.05, 3.63) is 53.9 Å². The number of carbonyl (C=O) groups is 2. The third kappa shape index (κ3) is 4.49. The molecule has 2 rings (SSSR count). The fourth-order valence-electron chi connectivity index (χ4n) is 1.93. The maximum absolute atomic E-state index is 11.9. The first-order chi connectivity index (χ1) is 10.0. The highest BCUT2D eigenvalue weighted by Crippen LogP contribution is 2.11. The van der Waals surface area contributed by atoms with Gasteiger partial charge in [-0.1, -0.05) is 12.1 Å². The standard InChI is InChI=1S/C16H19N3O2/c1-11(2)18-15(20)10-12-5-7-13(8-6-12)19-16(21)14-4-3-9-17-14/h3-9,11,17H,10H2,1-2H3,(H,18,20)(H,19,21). The van der Waals surface area contributed by atoms with Gasteiger partial charge in [0.2, 0.25) is 5.91 Å². The van der Waals surface area contributed by atoms with E-state index in [2.05, 4.69) is 15.6 Å². The molecule has 2 amide bonds. The molecule has 0 aliphatic carbocycles. The van der Waals surface area contributed by atoms with Crippen LogP contribution < -0.4 is 10.6 Å². The van der Waals surface area contributed by atoms with Crippen LogP contribution in [0.5, 0.6) is 0 Å². The molecular formula is C16H19N3O2. The molecule has 0 saturated heterocycles. The average Bonchev–Trinajstić information content (AvgIpc) is 2.94. The number of H-pyrrole nitrogens is 1. The van der Waals surface area contributed by atoms with Crippen molar-refractivity contribution in [2.75, 3.05) is 5.32 Å². The smallest absolute Gasteiger partial charge is 0.272 e. The van der Waals surface area contributed by atoms with E-state index in [0.717, 1.165) is 5.56 Å². The Hall–Kier alpha value is -2.56. The molecule has 110 valence electrons. The number of aromatic amines is 1. The lowest BCUT2D eigenvalue weighted by atomic mass is 10.1. The number of hydrogen-bond acceptors (Lipinski definition) is 2. The lowest BCUT2D eigenvalue weighted by molar-refractivity contribution is -0.120. The summed E-state index contributed by atoms with van der Waals surface area (Å²) in [6, 6.07) is 10.9. The molecule has 0 saturated carbocycles. The van der Waals surface area contributed by atoms with E-state index in [9.17, 15) is 9.59 Å². The molecular weight excluding hydrogens is 266 g/mol. The molecule has 5 heteroatoms. The zero-order valence-electron chi connectivity index (χ0n) is 12.1. The van der Waals surface area contributed by atoms with E-state index >= 15 is 0 Å². The number of benzene rings is 1. The number of aromatic nitrogens is 1. The third-order valence-electron chi connectivity index (χ3n) is 2.87. The summed E-state index contributed by atoms with van der Waals surface area (Å²) in [6.45, 7) is 3.86. The molecule has 0 radical (unpaired) electrons. The summed E-state index contributed by atoms with van der Waals surface area (Å²) in [5.41, 5.74) is 2.11. The summed E-state index contributed by atoms with van der Waals surface area (Å²) in [6.07, 6.45) is 2.04. The van der Waals surface area contributed by atoms with Crippen molar-refractivity contribution in [2.45, 2.75) is 26.3 Å². The zero-order chi connectivity index (χ0) is 15.2. The molecule has 1 heterocycles. The van der Waals surface area contributed by atoms with E-state index in [1.165, 1.54) is 0 Å². The minimum absolute atomic E-state index is 0.00632. The summed E-state index contributed by atoms with van der Waals surface area (Å²) in [5.74, 6) is -0.196. The minimum Gasteiger partial charge on any atom is -0.357 e. The van der Waals surface area contributed by atoms with Gasteiger partial charge in [0, 0.05) is 17.9 Å². The van der Waals surface area contributed by atoms with Crippen LogP contribution in [-0.4, -0.2) is 22.8 Å². The van der Waals surface area contributed by atoms with Crippen LogP contribution in [0, 0.1) is 0 Å². The monoisotopic (exact) mass is 285 g/mol. The first kappa shape index (κ1) is 14.8. The molecule has 1 aromatic carbocycles. The number of amides is 2. The SMILES string of the molecule is CC(C)NC(=O)Cc1ccc(NC(=O)c2ccc[nH]2)cc1. The van der Waals surface area contributed by atoms with E-state index in [4.69, 9.17) is 0 Å². The molecule has 0 fully saturated rings. The Morgan fingerprint density at radius 1 is 1.14 bits per heavy atom. The molecule has 21 heavy (non-hydrogen) atoms. The van der Waals surface area contributed by atoms with Gasteiger partial charge in [-0.15, -0.1) is 0 Å². The normalized spacial score (nSPS) is 10.4. The Morgan fingerprint density at radius 3 is 2.43 bits per heavy atom. The minimum atomic E-state index is -0.190. The van der Waals surface area contributed by atoms with Crippen LogP contribution in [0.15, 0.2) is 42.6 Å². The Morgan fingerprint density at radius 2 is 1.86 bits per heavy atom. The van der Waals surface area contributed by atoms with Crippen LogP contribution >= 0.6 is 0 Å². The Kier molecular flexibility index (Phi) is 4.77. The fraction of sp³-hybridized carbons (Fsp3) is 0.250. The number of hydrogen-bond donors (Lipinski definition) is 3. The van der Waals surface area contributed by atoms with Gasteiger partial charge in [0.25, 0.3) is 5.91 Å². The van der Waals surface area contributed by atoms with Gasteiger partial charge in [-0.05, 0) is 43.7 Å². The first-order valence-corrected chi connectivity index (χ1v) is 6.87. The highest BCUT2D eigenvalue weighted by molar-refractivity contribution is 6.02. The van der Waals surface area contributed by atoms with Gasteiger partial charge in [0.15, 0.2) is 0 Å². The van der Waals surface area contributed by atoms with Crippen LogP contribution in [0.3, 0.4) is 0 Å². The van der Waals surface area contributed by atoms with E-state index in [1.54, 1.807) is 30.5 Å². The van der Waals surface area contributed by atoms with E-state index in [-0.39, 0.29) is 17.9 Å². The maximum Gasteiger partial charge on any atom is 0.272 e. The summed E-state index contributed by atoms with van der Waals surface area (Å²) >= 11 is 0. The van der Waals surface area contributed by atoms with E-state index in [0.29, 0.717) is 17.8 Å². The summed E-state index contributed by atoms with van der Waals surface area (Å²) in [7, 11) is 0. The van der Waals surface area contributed by atoms with Crippen LogP contribution in [0.1, 0.15) is 29.9 Å². The van der Waals surface area contributed by atoms with Crippen LogP contribution in [0.2, 0.25) is 0 Å². The maximum atomic E-state index is 11.9. The van der Waals surface area contributed by atoms with Crippen molar-refractivity contribution in [3.63, 3.8) is 0 Å². The van der Waals surface area contributed by atoms with Gasteiger partial charge in [0.1, 0.15) is 5.69 Å². The van der Waals surface area contributed by atoms with Crippen molar-refractivity contribution < 1.29 is 9.59 Å². The molecule has 0 aliphatic rings. The van der Waals surface area contributed by atoms with Gasteiger partial charge >= 0.3 is 0 Å². The van der Waals surface area contributed by atoms with Crippen molar-refractivity contribution in [1.29, 1.82) is 0 Å². The summed E-state index contributed by atoms with van der Waals surface area (Å²) in [4.78, 5) is 26.4. The van der Waals surface area contributed by atoms with Crippen LogP contribution in [0.4, 0.5) is 5.69 Å². The molecule has 0 unspecified atom stereocenters. The zero-order valence-corrected chi connectivity index (χ0v) is 12.1. The van der Waals surface area contributed by atoms with Crippen molar-refractivity contribution in [2.24, 2.45) is 0 Å². The number of nitrogens with one attached hydrogen (secondary N) is 3. The van der Waals surface area contributed by atoms with Gasteiger partial charge < -0.3 is 15.6 Å². The topological polar surface area (TPSA) is 74.0 Å². The van der Waals surface area contributed by atoms with Crippen molar-refractivity contribution >= 4 is 17.5 Å². The average molecular weight is 285 g/mol. The largest absolute Gasteiger partial charge is 0.357 e. The predicted octanol–water partition coefficient (Wildman–Crippen LogP) is 2.33. The second kappa shape index (κ2) is 6.74. The molecule has 3 N–H and O–H groups in total. The van der Waals surface area contributed by atoms with Crippen LogP contribution in [0.25, 0.3) is 0 Å². The van der Waals surface area contributed by atoms with Gasteiger partial charge in [0.05, 0.1) is 6.42 Å². The van der Waals surface area contributed by atoms with E-state index in [1.807, 2.05) is 26.0 Å². The summed E-state index contributed by atoms with van der Waals surface area (Å²) < 4.78 is 0. The Bertz CT molecular complexity index is 601.